The van der Waals surface area contributed by atoms with Gasteiger partial charge >= 0.3 is 0 Å². The summed E-state index contributed by atoms with van der Waals surface area (Å²) in [7, 11) is 4.20. The van der Waals surface area contributed by atoms with Gasteiger partial charge in [-0.3, -0.25) is 14.6 Å². The Morgan fingerprint density at radius 3 is 2.25 bits per heavy atom. The van der Waals surface area contributed by atoms with Gasteiger partial charge in [-0.25, -0.2) is 0 Å². The van der Waals surface area contributed by atoms with Crippen LogP contribution in [-0.2, 0) is 4.79 Å². The first-order chi connectivity index (χ1) is 9.37. The molecule has 0 aromatic rings. The van der Waals surface area contributed by atoms with Gasteiger partial charge in [0.05, 0.1) is 0 Å². The van der Waals surface area contributed by atoms with Crippen LogP contribution in [0.5, 0.6) is 0 Å². The molecule has 1 atom stereocenters. The molecule has 1 unspecified atom stereocenters. The minimum absolute atomic E-state index is 0.269. The number of hydrogen-bond donors (Lipinski definition) is 2. The van der Waals surface area contributed by atoms with E-state index in [2.05, 4.69) is 34.1 Å². The molecule has 6 heteroatoms. The monoisotopic (exact) mass is 285 g/mol. The van der Waals surface area contributed by atoms with E-state index in [1.807, 2.05) is 13.8 Å². The molecule has 0 saturated carbocycles. The maximum Gasteiger partial charge on any atom is 0.238 e. The van der Waals surface area contributed by atoms with Gasteiger partial charge < -0.3 is 16.0 Å². The molecule has 1 rings (SSSR count). The Labute approximate surface area is 123 Å². The number of carbonyl (C=O) groups is 1. The number of piperazine rings is 1. The van der Waals surface area contributed by atoms with E-state index in [1.54, 1.807) is 0 Å². The van der Waals surface area contributed by atoms with Crippen molar-refractivity contribution in [1.29, 1.82) is 0 Å². The van der Waals surface area contributed by atoms with Gasteiger partial charge in [0.1, 0.15) is 5.54 Å². The van der Waals surface area contributed by atoms with Crippen molar-refractivity contribution in [3.8, 4) is 0 Å². The van der Waals surface area contributed by atoms with Crippen LogP contribution in [0.4, 0.5) is 0 Å². The highest BCUT2D eigenvalue weighted by Crippen LogP contribution is 2.09. The van der Waals surface area contributed by atoms with E-state index in [1.165, 1.54) is 0 Å². The summed E-state index contributed by atoms with van der Waals surface area (Å²) in [5.74, 6) is -0.269. The molecule has 6 nitrogen and oxygen atoms in total. The van der Waals surface area contributed by atoms with Gasteiger partial charge in [-0.15, -0.1) is 0 Å². The molecule has 118 valence electrons. The molecule has 1 aliphatic heterocycles. The van der Waals surface area contributed by atoms with Crippen molar-refractivity contribution in [3.05, 3.63) is 0 Å². The number of rotatable bonds is 8. The van der Waals surface area contributed by atoms with Crippen molar-refractivity contribution >= 4 is 5.91 Å². The number of hydrogen-bond acceptors (Lipinski definition) is 5. The van der Waals surface area contributed by atoms with Crippen molar-refractivity contribution in [2.24, 2.45) is 5.73 Å². The van der Waals surface area contributed by atoms with Crippen LogP contribution in [0.25, 0.3) is 0 Å². The van der Waals surface area contributed by atoms with Crippen molar-refractivity contribution in [2.75, 3.05) is 66.5 Å². The van der Waals surface area contributed by atoms with Crippen LogP contribution in [0, 0.1) is 0 Å². The van der Waals surface area contributed by atoms with Gasteiger partial charge in [-0.1, -0.05) is 6.92 Å². The molecular weight excluding hydrogens is 254 g/mol. The number of nitrogens with zero attached hydrogens (tertiary/aromatic N) is 3. The fourth-order valence-electron chi connectivity index (χ4n) is 2.57. The number of primary amides is 1. The number of carbonyl (C=O) groups excluding carboxylic acids is 1. The van der Waals surface area contributed by atoms with E-state index in [0.29, 0.717) is 6.54 Å². The zero-order valence-corrected chi connectivity index (χ0v) is 13.5. The first-order valence-electron chi connectivity index (χ1n) is 7.52. The summed E-state index contributed by atoms with van der Waals surface area (Å²) in [5, 5.41) is 3.22. The summed E-state index contributed by atoms with van der Waals surface area (Å²) < 4.78 is 0. The molecular formula is C14H31N5O. The summed E-state index contributed by atoms with van der Waals surface area (Å²) in [6.45, 7) is 11.7. The second-order valence-electron chi connectivity index (χ2n) is 6.15. The quantitative estimate of drug-likeness (QED) is 0.600. The van der Waals surface area contributed by atoms with E-state index in [9.17, 15) is 4.79 Å². The fraction of sp³-hybridized carbons (Fsp3) is 0.929. The second kappa shape index (κ2) is 7.93. The van der Waals surface area contributed by atoms with Crippen LogP contribution >= 0.6 is 0 Å². The molecule has 0 aliphatic carbocycles. The van der Waals surface area contributed by atoms with E-state index in [-0.39, 0.29) is 5.91 Å². The van der Waals surface area contributed by atoms with Gasteiger partial charge in [-0.2, -0.15) is 0 Å². The first-order valence-corrected chi connectivity index (χ1v) is 7.52. The third-order valence-electron chi connectivity index (χ3n) is 3.98. The third-order valence-corrected chi connectivity index (χ3v) is 3.98. The highest BCUT2D eigenvalue weighted by Gasteiger charge is 2.33. The molecule has 1 amide bonds. The number of amides is 1. The summed E-state index contributed by atoms with van der Waals surface area (Å²) in [5.41, 5.74) is 4.91. The Bertz CT molecular complexity index is 302. The lowest BCUT2D eigenvalue weighted by atomic mass is 10.00. The minimum atomic E-state index is -0.624. The molecule has 1 aliphatic rings. The van der Waals surface area contributed by atoms with Crippen LogP contribution in [0.2, 0.25) is 0 Å². The Hall–Kier alpha value is -0.690. The van der Waals surface area contributed by atoms with Crippen molar-refractivity contribution < 1.29 is 4.79 Å². The average Bonchev–Trinajstić information content (AvgIpc) is 2.38. The Morgan fingerprint density at radius 2 is 1.80 bits per heavy atom. The smallest absolute Gasteiger partial charge is 0.238 e. The molecule has 0 bridgehead atoms. The predicted octanol–water partition coefficient (Wildman–Crippen LogP) is -0.981. The second-order valence-corrected chi connectivity index (χ2v) is 6.15. The number of nitrogens with one attached hydrogen (secondary N) is 1. The summed E-state index contributed by atoms with van der Waals surface area (Å²) in [6.07, 6.45) is 0. The van der Waals surface area contributed by atoms with Crippen LogP contribution in [0.1, 0.15) is 13.8 Å². The Balaban J connectivity index is 2.39. The molecule has 0 aromatic carbocycles. The molecule has 1 saturated heterocycles. The molecule has 1 fully saturated rings. The lowest BCUT2D eigenvalue weighted by molar-refractivity contribution is -0.124. The van der Waals surface area contributed by atoms with Crippen LogP contribution in [0.3, 0.4) is 0 Å². The molecule has 0 aromatic heterocycles. The van der Waals surface area contributed by atoms with Crippen molar-refractivity contribution in [1.82, 2.24) is 20.0 Å². The van der Waals surface area contributed by atoms with Gasteiger partial charge in [-0.05, 0) is 27.6 Å². The maximum absolute atomic E-state index is 11.6. The third kappa shape index (κ3) is 5.36. The summed E-state index contributed by atoms with van der Waals surface area (Å²) in [6, 6.07) is 0. The van der Waals surface area contributed by atoms with E-state index >= 15 is 0 Å². The highest BCUT2D eigenvalue weighted by atomic mass is 16.1. The normalized spacial score (nSPS) is 21.1. The van der Waals surface area contributed by atoms with Gasteiger partial charge in [0.2, 0.25) is 5.91 Å². The molecule has 0 radical (unpaired) electrons. The van der Waals surface area contributed by atoms with Gasteiger partial charge in [0.15, 0.2) is 0 Å². The SMILES string of the molecule is CCNC(C)(CN1CCN(CCN(C)C)CC1)C(N)=O. The first kappa shape index (κ1) is 17.4. The summed E-state index contributed by atoms with van der Waals surface area (Å²) in [4.78, 5) is 18.7. The molecule has 1 heterocycles. The fourth-order valence-corrected chi connectivity index (χ4v) is 2.57. The lowest BCUT2D eigenvalue weighted by Crippen LogP contribution is -2.61. The Kier molecular flexibility index (Phi) is 6.88. The average molecular weight is 285 g/mol. The zero-order valence-electron chi connectivity index (χ0n) is 13.5. The number of likely N-dealkylation sites (N-methyl/N-ethyl adjacent to an activating group) is 2. The van der Waals surface area contributed by atoms with E-state index in [0.717, 1.165) is 45.8 Å². The number of nitrogens with two attached hydrogens (primary N) is 1. The minimum Gasteiger partial charge on any atom is -0.368 e. The highest BCUT2D eigenvalue weighted by molar-refractivity contribution is 5.84. The van der Waals surface area contributed by atoms with Crippen LogP contribution < -0.4 is 11.1 Å². The van der Waals surface area contributed by atoms with Gasteiger partial charge in [0.25, 0.3) is 0 Å². The van der Waals surface area contributed by atoms with Crippen molar-refractivity contribution in [2.45, 2.75) is 19.4 Å². The molecule has 3 N–H and O–H groups in total. The Morgan fingerprint density at radius 1 is 1.25 bits per heavy atom. The summed E-state index contributed by atoms with van der Waals surface area (Å²) >= 11 is 0. The molecule has 20 heavy (non-hydrogen) atoms. The largest absolute Gasteiger partial charge is 0.368 e. The van der Waals surface area contributed by atoms with Crippen LogP contribution in [-0.4, -0.2) is 92.6 Å². The van der Waals surface area contributed by atoms with Crippen LogP contribution in [0.15, 0.2) is 0 Å². The lowest BCUT2D eigenvalue weighted by Gasteiger charge is -2.39. The standard InChI is InChI=1S/C14H31N5O/c1-5-16-14(2,13(15)20)12-19-10-8-18(9-11-19)7-6-17(3)4/h16H,5-12H2,1-4H3,(H2,15,20). The van der Waals surface area contributed by atoms with Gasteiger partial charge in [0, 0.05) is 45.8 Å². The maximum atomic E-state index is 11.6. The molecule has 0 spiro atoms. The predicted molar refractivity (Wildman–Crippen MR) is 82.7 cm³/mol. The topological polar surface area (TPSA) is 64.8 Å². The van der Waals surface area contributed by atoms with E-state index < -0.39 is 5.54 Å². The zero-order chi connectivity index (χ0) is 15.2. The van der Waals surface area contributed by atoms with E-state index in [4.69, 9.17) is 5.73 Å². The van der Waals surface area contributed by atoms with Crippen molar-refractivity contribution in [3.63, 3.8) is 0 Å².